The maximum Gasteiger partial charge on any atom is 0.326 e. The minimum atomic E-state index is -1.44. The van der Waals surface area contributed by atoms with E-state index in [0.29, 0.717) is 19.7 Å². The Morgan fingerprint density at radius 1 is 1.33 bits per heavy atom. The maximum atomic E-state index is 11.7. The smallest absolute Gasteiger partial charge is 0.326 e. The molecule has 0 heterocycles. The Bertz CT molecular complexity index is 307. The number of likely N-dealkylation sites (N-methyl/N-ethyl adjacent to an activating group) is 1. The summed E-state index contributed by atoms with van der Waals surface area (Å²) in [5.74, 6) is -2.67. The molecule has 0 aromatic heterocycles. The number of nitrogens with one attached hydrogen (secondary N) is 1. The first kappa shape index (κ1) is 16.2. The molecule has 0 bridgehead atoms. The molecule has 0 saturated carbocycles. The summed E-state index contributed by atoms with van der Waals surface area (Å²) in [7, 11) is 1.48. The van der Waals surface area contributed by atoms with Crippen LogP contribution in [0.1, 0.15) is 13.3 Å². The van der Waals surface area contributed by atoms with Gasteiger partial charge in [-0.15, -0.1) is 0 Å². The Kier molecular flexibility index (Phi) is 7.45. The van der Waals surface area contributed by atoms with Gasteiger partial charge in [-0.3, -0.25) is 4.79 Å². The van der Waals surface area contributed by atoms with Gasteiger partial charge >= 0.3 is 18.0 Å². The van der Waals surface area contributed by atoms with E-state index in [9.17, 15) is 14.4 Å². The summed E-state index contributed by atoms with van der Waals surface area (Å²) in [6.45, 7) is 2.72. The molecule has 0 radical (unpaired) electrons. The van der Waals surface area contributed by atoms with E-state index in [2.05, 4.69) is 5.32 Å². The van der Waals surface area contributed by atoms with Crippen molar-refractivity contribution >= 4 is 18.0 Å². The van der Waals surface area contributed by atoms with E-state index in [4.69, 9.17) is 14.9 Å². The van der Waals surface area contributed by atoms with Crippen LogP contribution in [0, 0.1) is 0 Å². The molecular weight excluding hydrogens is 244 g/mol. The summed E-state index contributed by atoms with van der Waals surface area (Å²) in [4.78, 5) is 34.2. The third kappa shape index (κ3) is 6.04. The second-order valence-corrected chi connectivity index (χ2v) is 3.51. The van der Waals surface area contributed by atoms with Gasteiger partial charge in [0.2, 0.25) is 0 Å². The van der Waals surface area contributed by atoms with Crippen molar-refractivity contribution in [2.24, 2.45) is 0 Å². The number of methoxy groups -OCH3 is 1. The molecule has 18 heavy (non-hydrogen) atoms. The van der Waals surface area contributed by atoms with Crippen LogP contribution in [-0.4, -0.2) is 65.9 Å². The Hall–Kier alpha value is -1.83. The van der Waals surface area contributed by atoms with Crippen LogP contribution >= 0.6 is 0 Å². The second kappa shape index (κ2) is 8.29. The molecule has 104 valence electrons. The van der Waals surface area contributed by atoms with Gasteiger partial charge in [0.15, 0.2) is 0 Å². The number of carboxylic acids is 2. The van der Waals surface area contributed by atoms with E-state index in [1.165, 1.54) is 12.0 Å². The normalized spacial score (nSPS) is 11.7. The van der Waals surface area contributed by atoms with Crippen molar-refractivity contribution < 1.29 is 29.3 Å². The number of carbonyl (C=O) groups excluding carboxylic acids is 1. The van der Waals surface area contributed by atoms with Gasteiger partial charge < -0.3 is 25.2 Å². The summed E-state index contributed by atoms with van der Waals surface area (Å²) in [6.07, 6.45) is -0.664. The summed E-state index contributed by atoms with van der Waals surface area (Å²) in [6, 6.07) is -2.06. The number of carbonyl (C=O) groups is 3. The largest absolute Gasteiger partial charge is 0.481 e. The molecule has 0 rings (SSSR count). The molecular formula is C10H18N2O6. The Balaban J connectivity index is 4.46. The Morgan fingerprint density at radius 2 is 1.94 bits per heavy atom. The fraction of sp³-hybridized carbons (Fsp3) is 0.700. The quantitative estimate of drug-likeness (QED) is 0.547. The molecule has 8 heteroatoms. The predicted molar refractivity (Wildman–Crippen MR) is 61.3 cm³/mol. The highest BCUT2D eigenvalue weighted by Gasteiger charge is 2.24. The zero-order valence-electron chi connectivity index (χ0n) is 10.4. The zero-order chi connectivity index (χ0) is 14.1. The highest BCUT2D eigenvalue weighted by Crippen LogP contribution is 1.97. The van der Waals surface area contributed by atoms with Crippen molar-refractivity contribution in [2.75, 3.05) is 26.8 Å². The van der Waals surface area contributed by atoms with E-state index >= 15 is 0 Å². The maximum absolute atomic E-state index is 11.7. The minimum Gasteiger partial charge on any atom is -0.481 e. The number of nitrogens with zero attached hydrogens (tertiary/aromatic N) is 1. The molecule has 0 saturated heterocycles. The molecule has 0 aliphatic rings. The molecule has 0 spiro atoms. The van der Waals surface area contributed by atoms with Gasteiger partial charge in [0, 0.05) is 20.2 Å². The number of carboxylic acid groups (broad SMARTS) is 2. The van der Waals surface area contributed by atoms with Crippen molar-refractivity contribution in [1.29, 1.82) is 0 Å². The van der Waals surface area contributed by atoms with Gasteiger partial charge in [-0.25, -0.2) is 9.59 Å². The fourth-order valence-electron chi connectivity index (χ4n) is 1.22. The Labute approximate surface area is 105 Å². The van der Waals surface area contributed by atoms with Crippen LogP contribution in [0.15, 0.2) is 0 Å². The summed E-state index contributed by atoms with van der Waals surface area (Å²) < 4.78 is 4.81. The van der Waals surface area contributed by atoms with Gasteiger partial charge in [-0.2, -0.15) is 0 Å². The average Bonchev–Trinajstić information content (AvgIpc) is 2.28. The topological polar surface area (TPSA) is 116 Å². The fourth-order valence-corrected chi connectivity index (χ4v) is 1.22. The second-order valence-electron chi connectivity index (χ2n) is 3.51. The van der Waals surface area contributed by atoms with Crippen LogP contribution in [0.4, 0.5) is 4.79 Å². The van der Waals surface area contributed by atoms with E-state index in [1.807, 2.05) is 0 Å². The minimum absolute atomic E-state index is 0.304. The molecule has 2 amide bonds. The van der Waals surface area contributed by atoms with Crippen LogP contribution in [0.3, 0.4) is 0 Å². The van der Waals surface area contributed by atoms with E-state index in [-0.39, 0.29) is 0 Å². The number of rotatable bonds is 8. The van der Waals surface area contributed by atoms with Crippen LogP contribution in [0.25, 0.3) is 0 Å². The molecule has 1 atom stereocenters. The monoisotopic (exact) mass is 262 g/mol. The number of hydrogen-bond donors (Lipinski definition) is 3. The van der Waals surface area contributed by atoms with Crippen LogP contribution in [-0.2, 0) is 14.3 Å². The van der Waals surface area contributed by atoms with Crippen molar-refractivity contribution in [3.63, 3.8) is 0 Å². The van der Waals surface area contributed by atoms with Crippen molar-refractivity contribution in [3.8, 4) is 0 Å². The van der Waals surface area contributed by atoms with Crippen molar-refractivity contribution in [2.45, 2.75) is 19.4 Å². The lowest BCUT2D eigenvalue weighted by molar-refractivity contribution is -0.145. The van der Waals surface area contributed by atoms with Gasteiger partial charge in [-0.05, 0) is 6.92 Å². The first-order valence-electron chi connectivity index (χ1n) is 5.41. The highest BCUT2D eigenvalue weighted by molar-refractivity contribution is 5.86. The summed E-state index contributed by atoms with van der Waals surface area (Å²) in [5.41, 5.74) is 0. The summed E-state index contributed by atoms with van der Waals surface area (Å²) >= 11 is 0. The highest BCUT2D eigenvalue weighted by atomic mass is 16.5. The third-order valence-corrected chi connectivity index (χ3v) is 2.21. The van der Waals surface area contributed by atoms with Crippen LogP contribution in [0.5, 0.6) is 0 Å². The molecule has 0 aromatic rings. The lowest BCUT2D eigenvalue weighted by Gasteiger charge is -2.23. The van der Waals surface area contributed by atoms with Crippen LogP contribution < -0.4 is 5.32 Å². The predicted octanol–water partition coefficient (Wildman–Crippen LogP) is -0.408. The number of ether oxygens (including phenoxy) is 1. The van der Waals surface area contributed by atoms with Crippen LogP contribution in [0.2, 0.25) is 0 Å². The number of urea groups is 1. The molecule has 0 aliphatic heterocycles. The molecule has 0 aliphatic carbocycles. The number of aliphatic carboxylic acids is 2. The number of amides is 2. The average molecular weight is 262 g/mol. The SMILES string of the molecule is CCN(CCOC)C(=O)N[C@@H](CC(=O)O)C(=O)O. The standard InChI is InChI=1S/C10H18N2O6/c1-3-12(4-5-18-2)10(17)11-7(9(15)16)6-8(13)14/h7H,3-6H2,1-2H3,(H,11,17)(H,13,14)(H,15,16)/t7-/m0/s1. The lowest BCUT2D eigenvalue weighted by Crippen LogP contribution is -2.49. The van der Waals surface area contributed by atoms with Gasteiger partial charge in [0.05, 0.1) is 13.0 Å². The first-order chi connectivity index (χ1) is 8.42. The number of hydrogen-bond acceptors (Lipinski definition) is 4. The first-order valence-corrected chi connectivity index (χ1v) is 5.41. The van der Waals surface area contributed by atoms with Crippen molar-refractivity contribution in [3.05, 3.63) is 0 Å². The zero-order valence-corrected chi connectivity index (χ0v) is 10.4. The van der Waals surface area contributed by atoms with E-state index < -0.39 is 30.4 Å². The lowest BCUT2D eigenvalue weighted by atomic mass is 10.2. The molecule has 0 unspecified atom stereocenters. The van der Waals surface area contributed by atoms with Gasteiger partial charge in [0.25, 0.3) is 0 Å². The van der Waals surface area contributed by atoms with Gasteiger partial charge in [-0.1, -0.05) is 0 Å². The molecule has 0 fully saturated rings. The molecule has 0 aromatic carbocycles. The van der Waals surface area contributed by atoms with E-state index in [1.54, 1.807) is 6.92 Å². The summed E-state index contributed by atoms with van der Waals surface area (Å²) in [5, 5.41) is 19.5. The molecule has 8 nitrogen and oxygen atoms in total. The van der Waals surface area contributed by atoms with E-state index in [0.717, 1.165) is 0 Å². The Morgan fingerprint density at radius 3 is 2.33 bits per heavy atom. The van der Waals surface area contributed by atoms with Crippen molar-refractivity contribution in [1.82, 2.24) is 10.2 Å². The molecule has 3 N–H and O–H groups in total. The third-order valence-electron chi connectivity index (χ3n) is 2.21. The van der Waals surface area contributed by atoms with Gasteiger partial charge in [0.1, 0.15) is 6.04 Å².